The molecule has 1 aliphatic heterocycles. The van der Waals surface area contributed by atoms with Crippen LogP contribution in [0.4, 0.5) is 4.39 Å². The number of halogens is 1. The van der Waals surface area contributed by atoms with Gasteiger partial charge in [-0.05, 0) is 30.3 Å². The number of carbonyl (C=O) groups is 2. The molecule has 3 heterocycles. The Bertz CT molecular complexity index is 991. The van der Waals surface area contributed by atoms with Gasteiger partial charge in [-0.25, -0.2) is 4.39 Å². The highest BCUT2D eigenvalue weighted by Crippen LogP contribution is 2.23. The van der Waals surface area contributed by atoms with Crippen LogP contribution in [0.5, 0.6) is 0 Å². The fourth-order valence-corrected chi connectivity index (χ4v) is 3.26. The lowest BCUT2D eigenvalue weighted by atomic mass is 10.0. The van der Waals surface area contributed by atoms with Crippen molar-refractivity contribution in [1.29, 1.82) is 0 Å². The number of ketones is 1. The minimum Gasteiger partial charge on any atom is -0.378 e. The van der Waals surface area contributed by atoms with Crippen molar-refractivity contribution in [3.8, 4) is 0 Å². The molecule has 1 aliphatic rings. The van der Waals surface area contributed by atoms with Gasteiger partial charge >= 0.3 is 0 Å². The number of morpholine rings is 1. The number of ether oxygens (including phenoxy) is 1. The predicted molar refractivity (Wildman–Crippen MR) is 97.0 cm³/mol. The molecule has 0 bridgehead atoms. The van der Waals surface area contributed by atoms with Crippen molar-refractivity contribution in [2.75, 3.05) is 26.3 Å². The van der Waals surface area contributed by atoms with E-state index in [2.05, 4.69) is 4.98 Å². The summed E-state index contributed by atoms with van der Waals surface area (Å²) in [5.41, 5.74) is 1.57. The van der Waals surface area contributed by atoms with E-state index in [1.54, 1.807) is 34.1 Å². The zero-order valence-corrected chi connectivity index (χ0v) is 14.6. The summed E-state index contributed by atoms with van der Waals surface area (Å²) < 4.78 is 20.2. The molecule has 7 heteroatoms. The third kappa shape index (κ3) is 3.46. The molecule has 6 nitrogen and oxygen atoms in total. The molecule has 0 N–H and O–H groups in total. The normalized spacial score (nSPS) is 14.5. The number of nitrogens with zero attached hydrogens (tertiary/aromatic N) is 3. The highest BCUT2D eigenvalue weighted by Gasteiger charge is 2.21. The number of aromatic nitrogens is 2. The number of rotatable bonds is 4. The lowest BCUT2D eigenvalue weighted by Gasteiger charge is -2.27. The van der Waals surface area contributed by atoms with Crippen molar-refractivity contribution in [2.24, 2.45) is 0 Å². The van der Waals surface area contributed by atoms with Crippen LogP contribution in [-0.4, -0.2) is 52.4 Å². The minimum atomic E-state index is -0.394. The molecule has 0 saturated carbocycles. The molecule has 2 aromatic heterocycles. The largest absolute Gasteiger partial charge is 0.378 e. The summed E-state index contributed by atoms with van der Waals surface area (Å²) in [7, 11) is 0. The maximum Gasteiger partial charge on any atom is 0.242 e. The number of pyridine rings is 1. The summed E-state index contributed by atoms with van der Waals surface area (Å²) >= 11 is 0. The van der Waals surface area contributed by atoms with Gasteiger partial charge < -0.3 is 14.2 Å². The van der Waals surface area contributed by atoms with Crippen LogP contribution in [0, 0.1) is 5.82 Å². The van der Waals surface area contributed by atoms with Gasteiger partial charge in [0.05, 0.1) is 24.9 Å². The molecule has 1 fully saturated rings. The maximum absolute atomic E-state index is 13.2. The Morgan fingerprint density at radius 2 is 1.85 bits per heavy atom. The molecule has 3 aromatic rings. The van der Waals surface area contributed by atoms with Gasteiger partial charge in [0.1, 0.15) is 12.4 Å². The summed E-state index contributed by atoms with van der Waals surface area (Å²) in [5, 5.41) is 0.717. The van der Waals surface area contributed by atoms with Gasteiger partial charge in [-0.15, -0.1) is 0 Å². The predicted octanol–water partition coefficient (Wildman–Crippen LogP) is 2.27. The zero-order chi connectivity index (χ0) is 18.8. The van der Waals surface area contributed by atoms with Crippen LogP contribution in [0.1, 0.15) is 15.9 Å². The average Bonchev–Trinajstić information content (AvgIpc) is 3.07. The maximum atomic E-state index is 13.2. The van der Waals surface area contributed by atoms with E-state index in [1.165, 1.54) is 24.3 Å². The molecule has 0 radical (unpaired) electrons. The molecule has 1 amide bonds. The van der Waals surface area contributed by atoms with Crippen molar-refractivity contribution < 1.29 is 18.7 Å². The van der Waals surface area contributed by atoms with Gasteiger partial charge in [-0.2, -0.15) is 0 Å². The average molecular weight is 367 g/mol. The Balaban J connectivity index is 1.67. The quantitative estimate of drug-likeness (QED) is 0.664. The van der Waals surface area contributed by atoms with Gasteiger partial charge in [0.15, 0.2) is 5.78 Å². The smallest absolute Gasteiger partial charge is 0.242 e. The second-order valence-corrected chi connectivity index (χ2v) is 6.39. The Morgan fingerprint density at radius 3 is 2.59 bits per heavy atom. The van der Waals surface area contributed by atoms with Gasteiger partial charge in [-0.3, -0.25) is 14.6 Å². The van der Waals surface area contributed by atoms with E-state index in [4.69, 9.17) is 4.74 Å². The molecule has 27 heavy (non-hydrogen) atoms. The van der Waals surface area contributed by atoms with Gasteiger partial charge in [0, 0.05) is 42.0 Å². The van der Waals surface area contributed by atoms with Gasteiger partial charge in [0.2, 0.25) is 5.91 Å². The third-order valence-corrected chi connectivity index (χ3v) is 4.71. The van der Waals surface area contributed by atoms with Crippen molar-refractivity contribution in [1.82, 2.24) is 14.5 Å². The fraction of sp³-hybridized carbons (Fsp3) is 0.250. The molecule has 0 aliphatic carbocycles. The number of fused-ring (bicyclic) bond motifs is 1. The molecular formula is C20H18FN3O3. The van der Waals surface area contributed by atoms with Crippen molar-refractivity contribution >= 4 is 22.6 Å². The molecule has 138 valence electrons. The summed E-state index contributed by atoms with van der Waals surface area (Å²) in [4.78, 5) is 31.4. The first-order valence-electron chi connectivity index (χ1n) is 8.72. The first kappa shape index (κ1) is 17.4. The number of benzene rings is 1. The molecule has 1 saturated heterocycles. The Morgan fingerprint density at radius 1 is 1.11 bits per heavy atom. The molecule has 0 atom stereocenters. The third-order valence-electron chi connectivity index (χ3n) is 4.71. The van der Waals surface area contributed by atoms with E-state index in [0.29, 0.717) is 48.3 Å². The van der Waals surface area contributed by atoms with Crippen LogP contribution in [-0.2, 0) is 16.1 Å². The summed E-state index contributed by atoms with van der Waals surface area (Å²) in [6.07, 6.45) is 4.93. The van der Waals surface area contributed by atoms with Crippen molar-refractivity contribution in [2.45, 2.75) is 6.54 Å². The first-order chi connectivity index (χ1) is 13.1. The molecule has 0 spiro atoms. The SMILES string of the molecule is O=C(c1ccc(F)cc1)c1cn(CC(=O)N2CCOCC2)c2cnccc12. The number of carbonyl (C=O) groups excluding carboxylic acids is 2. The Hall–Kier alpha value is -3.06. The summed E-state index contributed by atoms with van der Waals surface area (Å²) in [6, 6.07) is 7.19. The highest BCUT2D eigenvalue weighted by atomic mass is 19.1. The standard InChI is InChI=1S/C20H18FN3O3/c21-15-3-1-14(2-4-15)20(26)17-12-24(18-11-22-6-5-16(17)18)13-19(25)23-7-9-27-10-8-23/h1-6,11-12H,7-10,13H2. The van der Waals surface area contributed by atoms with E-state index >= 15 is 0 Å². The van der Waals surface area contributed by atoms with Gasteiger partial charge in [-0.1, -0.05) is 0 Å². The lowest BCUT2D eigenvalue weighted by molar-refractivity contribution is -0.135. The van der Waals surface area contributed by atoms with Crippen LogP contribution >= 0.6 is 0 Å². The Kier molecular flexibility index (Phi) is 4.68. The van der Waals surface area contributed by atoms with Crippen molar-refractivity contribution in [3.63, 3.8) is 0 Å². The summed E-state index contributed by atoms with van der Waals surface area (Å²) in [6.45, 7) is 2.33. The Labute approximate surface area is 155 Å². The minimum absolute atomic E-state index is 0.0279. The summed E-state index contributed by atoms with van der Waals surface area (Å²) in [5.74, 6) is -0.641. The lowest BCUT2D eigenvalue weighted by Crippen LogP contribution is -2.42. The van der Waals surface area contributed by atoms with E-state index in [9.17, 15) is 14.0 Å². The second kappa shape index (κ2) is 7.28. The van der Waals surface area contributed by atoms with E-state index in [0.717, 1.165) is 0 Å². The van der Waals surface area contributed by atoms with Crippen LogP contribution in [0.15, 0.2) is 48.9 Å². The van der Waals surface area contributed by atoms with Crippen molar-refractivity contribution in [3.05, 3.63) is 65.9 Å². The topological polar surface area (TPSA) is 64.4 Å². The second-order valence-electron chi connectivity index (χ2n) is 6.39. The van der Waals surface area contributed by atoms with Crippen LogP contribution in [0.25, 0.3) is 10.9 Å². The highest BCUT2D eigenvalue weighted by molar-refractivity contribution is 6.16. The van der Waals surface area contributed by atoms with E-state index in [-0.39, 0.29) is 18.2 Å². The van der Waals surface area contributed by atoms with Crippen LogP contribution < -0.4 is 0 Å². The molecular weight excluding hydrogens is 349 g/mol. The van der Waals surface area contributed by atoms with Crippen LogP contribution in [0.2, 0.25) is 0 Å². The zero-order valence-electron chi connectivity index (χ0n) is 14.6. The van der Waals surface area contributed by atoms with E-state index in [1.807, 2.05) is 0 Å². The van der Waals surface area contributed by atoms with Gasteiger partial charge in [0.25, 0.3) is 0 Å². The number of amides is 1. The van der Waals surface area contributed by atoms with Crippen LogP contribution in [0.3, 0.4) is 0 Å². The number of hydrogen-bond donors (Lipinski definition) is 0. The molecule has 1 aromatic carbocycles. The first-order valence-corrected chi connectivity index (χ1v) is 8.72. The molecule has 4 rings (SSSR count). The monoisotopic (exact) mass is 367 g/mol. The number of hydrogen-bond acceptors (Lipinski definition) is 4. The molecule has 0 unspecified atom stereocenters. The fourth-order valence-electron chi connectivity index (χ4n) is 3.26. The van der Waals surface area contributed by atoms with E-state index < -0.39 is 5.82 Å².